The minimum Gasteiger partial charge on any atom is -0.408 e. The molecule has 0 saturated heterocycles. The highest BCUT2D eigenvalue weighted by Gasteiger charge is 2.23. The summed E-state index contributed by atoms with van der Waals surface area (Å²) in [6.07, 6.45) is 0. The second-order valence-corrected chi connectivity index (χ2v) is 8.51. The maximum atomic E-state index is 12.3. The van der Waals surface area contributed by atoms with Gasteiger partial charge in [-0.3, -0.25) is 14.1 Å². The van der Waals surface area contributed by atoms with Gasteiger partial charge in [-0.25, -0.2) is 4.79 Å². The molecule has 0 amide bonds. The number of benzene rings is 3. The zero-order chi connectivity index (χ0) is 23.9. The molecule has 5 aromatic rings. The first-order chi connectivity index (χ1) is 17.1. The molecule has 3 aromatic carbocycles. The van der Waals surface area contributed by atoms with Crippen LogP contribution in [0.1, 0.15) is 28.3 Å². The number of aryl methyl sites for hydroxylation is 1. The highest BCUT2D eigenvalue weighted by molar-refractivity contribution is 6.35. The number of aliphatic imine (C=N–C) groups is 1. The molecule has 35 heavy (non-hydrogen) atoms. The quantitative estimate of drug-likeness (QED) is 0.348. The Balaban J connectivity index is 1.44. The molecule has 0 fully saturated rings. The zero-order valence-electron chi connectivity index (χ0n) is 18.7. The second-order valence-electron chi connectivity index (χ2n) is 8.10. The fraction of sp³-hybridized carbons (Fsp3) is 0.111. The molecule has 0 aliphatic carbocycles. The number of hydrogen-bond acceptors (Lipinski definition) is 5. The summed E-state index contributed by atoms with van der Waals surface area (Å²) in [6.45, 7) is 2.52. The average molecular weight is 480 g/mol. The summed E-state index contributed by atoms with van der Waals surface area (Å²) in [5.74, 6) is 7.41. The minimum absolute atomic E-state index is 0.215. The van der Waals surface area contributed by atoms with Gasteiger partial charge in [0.1, 0.15) is 12.4 Å². The van der Waals surface area contributed by atoms with Crippen LogP contribution in [0.3, 0.4) is 0 Å². The summed E-state index contributed by atoms with van der Waals surface area (Å²) in [5.41, 5.74) is 5.48. The van der Waals surface area contributed by atoms with Crippen molar-refractivity contribution in [1.82, 2.24) is 19.3 Å². The maximum Gasteiger partial charge on any atom is 0.420 e. The number of aromatic nitrogens is 4. The smallest absolute Gasteiger partial charge is 0.408 e. The summed E-state index contributed by atoms with van der Waals surface area (Å²) in [6, 6.07) is 20.9. The fourth-order valence-electron chi connectivity index (χ4n) is 4.32. The number of oxazole rings is 1. The van der Waals surface area contributed by atoms with E-state index < -0.39 is 5.76 Å². The molecule has 0 saturated carbocycles. The Kier molecular flexibility index (Phi) is 5.09. The molecule has 1 aliphatic rings. The first kappa shape index (κ1) is 21.1. The highest BCUT2D eigenvalue weighted by Crippen LogP contribution is 2.29. The largest absolute Gasteiger partial charge is 0.420 e. The van der Waals surface area contributed by atoms with Gasteiger partial charge in [-0.2, -0.15) is 0 Å². The lowest BCUT2D eigenvalue weighted by Crippen LogP contribution is -2.13. The minimum atomic E-state index is -0.425. The van der Waals surface area contributed by atoms with Crippen molar-refractivity contribution in [2.75, 3.05) is 0 Å². The molecule has 2 aromatic heterocycles. The molecular weight excluding hydrogens is 462 g/mol. The first-order valence-electron chi connectivity index (χ1n) is 11.0. The summed E-state index contributed by atoms with van der Waals surface area (Å²) in [7, 11) is 0. The predicted octanol–water partition coefficient (Wildman–Crippen LogP) is 4.54. The molecule has 0 unspecified atom stereocenters. The van der Waals surface area contributed by atoms with E-state index in [1.807, 2.05) is 72.2 Å². The van der Waals surface area contributed by atoms with Crippen LogP contribution in [0.25, 0.3) is 16.8 Å². The zero-order valence-corrected chi connectivity index (χ0v) is 19.5. The van der Waals surface area contributed by atoms with Gasteiger partial charge in [-0.15, -0.1) is 10.2 Å². The molecule has 0 bridgehead atoms. The number of rotatable bonds is 2. The Labute approximate surface area is 205 Å². The number of nitrogens with zero attached hydrogens (tertiary/aromatic N) is 5. The van der Waals surface area contributed by atoms with Crippen molar-refractivity contribution in [1.29, 1.82) is 0 Å². The van der Waals surface area contributed by atoms with Crippen LogP contribution in [0.5, 0.6) is 0 Å². The van der Waals surface area contributed by atoms with E-state index in [1.165, 1.54) is 4.57 Å². The average Bonchev–Trinajstić information content (AvgIpc) is 3.33. The van der Waals surface area contributed by atoms with Gasteiger partial charge < -0.3 is 4.42 Å². The van der Waals surface area contributed by atoms with Crippen molar-refractivity contribution in [3.63, 3.8) is 0 Å². The van der Waals surface area contributed by atoms with Crippen LogP contribution >= 0.6 is 11.6 Å². The molecule has 170 valence electrons. The topological polar surface area (TPSA) is 78.2 Å². The van der Waals surface area contributed by atoms with Crippen LogP contribution in [-0.4, -0.2) is 25.0 Å². The SMILES string of the molecule is Cc1nnc2n1-c1ccc(C#CCn3c(=O)oc4ccccc43)cc1C(c1ccccc1Cl)=NC2. The van der Waals surface area contributed by atoms with Gasteiger partial charge in [0.2, 0.25) is 0 Å². The predicted molar refractivity (Wildman–Crippen MR) is 134 cm³/mol. The van der Waals surface area contributed by atoms with Crippen molar-refractivity contribution in [2.45, 2.75) is 20.0 Å². The van der Waals surface area contributed by atoms with Crippen molar-refractivity contribution >= 4 is 28.4 Å². The van der Waals surface area contributed by atoms with Gasteiger partial charge in [0.15, 0.2) is 11.4 Å². The number of halogens is 1. The van der Waals surface area contributed by atoms with Crippen LogP contribution in [0, 0.1) is 18.8 Å². The van der Waals surface area contributed by atoms with Crippen molar-refractivity contribution < 1.29 is 4.42 Å². The van der Waals surface area contributed by atoms with Gasteiger partial charge >= 0.3 is 5.76 Å². The molecule has 6 rings (SSSR count). The molecular formula is C27H18ClN5O2. The summed E-state index contributed by atoms with van der Waals surface area (Å²) in [5, 5.41) is 9.16. The third-order valence-corrected chi connectivity index (χ3v) is 6.27. The summed E-state index contributed by atoms with van der Waals surface area (Å²) in [4.78, 5) is 17.1. The van der Waals surface area contributed by atoms with E-state index in [0.29, 0.717) is 17.2 Å². The Morgan fingerprint density at radius 1 is 1.03 bits per heavy atom. The van der Waals surface area contributed by atoms with Gasteiger partial charge in [0.25, 0.3) is 0 Å². The van der Waals surface area contributed by atoms with Crippen LogP contribution < -0.4 is 5.76 Å². The Hall–Kier alpha value is -4.41. The maximum absolute atomic E-state index is 12.3. The van der Waals surface area contributed by atoms with E-state index in [-0.39, 0.29) is 6.54 Å². The number of hydrogen-bond donors (Lipinski definition) is 0. The first-order valence-corrected chi connectivity index (χ1v) is 11.4. The Morgan fingerprint density at radius 2 is 1.86 bits per heavy atom. The van der Waals surface area contributed by atoms with Crippen LogP contribution in [0.4, 0.5) is 0 Å². The highest BCUT2D eigenvalue weighted by atomic mass is 35.5. The number of para-hydroxylation sites is 2. The van der Waals surface area contributed by atoms with E-state index >= 15 is 0 Å². The van der Waals surface area contributed by atoms with Crippen molar-refractivity contribution in [2.24, 2.45) is 4.99 Å². The van der Waals surface area contributed by atoms with Crippen molar-refractivity contribution in [3.8, 4) is 17.5 Å². The molecule has 8 heteroatoms. The molecule has 0 atom stereocenters. The molecule has 0 spiro atoms. The van der Waals surface area contributed by atoms with Crippen molar-refractivity contribution in [3.05, 3.63) is 111 Å². The molecule has 0 radical (unpaired) electrons. The molecule has 7 nitrogen and oxygen atoms in total. The van der Waals surface area contributed by atoms with Crippen LogP contribution in [0.2, 0.25) is 5.02 Å². The Bertz CT molecular complexity index is 1760. The fourth-order valence-corrected chi connectivity index (χ4v) is 4.55. The van der Waals surface area contributed by atoms with Crippen LogP contribution in [-0.2, 0) is 13.1 Å². The summed E-state index contributed by atoms with van der Waals surface area (Å²) >= 11 is 6.55. The molecule has 3 heterocycles. The lowest BCUT2D eigenvalue weighted by atomic mass is 9.98. The third-order valence-electron chi connectivity index (χ3n) is 5.94. The van der Waals surface area contributed by atoms with Gasteiger partial charge in [-0.05, 0) is 43.3 Å². The summed E-state index contributed by atoms with van der Waals surface area (Å²) < 4.78 is 8.83. The van der Waals surface area contributed by atoms with E-state index in [1.54, 1.807) is 6.07 Å². The Morgan fingerprint density at radius 3 is 2.74 bits per heavy atom. The van der Waals surface area contributed by atoms with Crippen LogP contribution in [0.15, 0.2) is 80.9 Å². The van der Waals surface area contributed by atoms with Gasteiger partial charge in [0.05, 0.1) is 23.5 Å². The lowest BCUT2D eigenvalue weighted by molar-refractivity contribution is 0.521. The third kappa shape index (κ3) is 3.65. The van der Waals surface area contributed by atoms with E-state index in [4.69, 9.17) is 21.0 Å². The molecule has 0 N–H and O–H groups in total. The van der Waals surface area contributed by atoms with E-state index in [9.17, 15) is 4.79 Å². The van der Waals surface area contributed by atoms with Gasteiger partial charge in [-0.1, -0.05) is 53.8 Å². The standard InChI is InChI=1S/C27H18ClN5O2/c1-17-30-31-25-16-29-26(19-8-2-3-9-21(19)28)20-15-18(12-13-22(20)33(17)25)7-6-14-32-23-10-4-5-11-24(23)35-27(32)34/h2-5,8-13,15H,14,16H2,1H3. The normalized spacial score (nSPS) is 12.3. The number of fused-ring (bicyclic) bond motifs is 4. The van der Waals surface area contributed by atoms with Gasteiger partial charge in [0, 0.05) is 21.7 Å². The van der Waals surface area contributed by atoms with E-state index in [0.717, 1.165) is 45.3 Å². The lowest BCUT2D eigenvalue weighted by Gasteiger charge is -2.14. The van der Waals surface area contributed by atoms with E-state index in [2.05, 4.69) is 22.0 Å². The monoisotopic (exact) mass is 479 g/mol. The molecule has 1 aliphatic heterocycles. The second kappa shape index (κ2) is 8.42.